The minimum Gasteiger partial charge on any atom is -0.456 e. The average molecular weight is 479 g/mol. The van der Waals surface area contributed by atoms with Gasteiger partial charge in [0.05, 0.1) is 21.8 Å². The number of hydrogen-bond acceptors (Lipinski definition) is 4. The van der Waals surface area contributed by atoms with E-state index in [2.05, 4.69) is 10.1 Å². The lowest BCUT2D eigenvalue weighted by Gasteiger charge is -2.15. The molecule has 0 bridgehead atoms. The van der Waals surface area contributed by atoms with E-state index in [1.165, 1.54) is 0 Å². The van der Waals surface area contributed by atoms with E-state index in [1.54, 1.807) is 0 Å². The van der Waals surface area contributed by atoms with Crippen molar-refractivity contribution >= 4 is 35.1 Å². The fraction of sp³-hybridized carbons (Fsp3) is 0.250. The summed E-state index contributed by atoms with van der Waals surface area (Å²) in [6.07, 6.45) is -4.93. The molecule has 0 fully saturated rings. The predicted molar refractivity (Wildman–Crippen MR) is 104 cm³/mol. The van der Waals surface area contributed by atoms with Gasteiger partial charge in [-0.1, -0.05) is 17.7 Å². The zero-order chi connectivity index (χ0) is 23.9. The summed E-state index contributed by atoms with van der Waals surface area (Å²) in [5, 5.41) is 3.95. The van der Waals surface area contributed by atoms with Gasteiger partial charge < -0.3 is 15.4 Å². The number of esters is 1. The number of carbonyl (C=O) groups is 3. The van der Waals surface area contributed by atoms with E-state index in [0.717, 1.165) is 30.3 Å². The minimum atomic E-state index is -4.76. The quantitative estimate of drug-likeness (QED) is 0.336. The number of alkyl halides is 3. The molecule has 2 aromatic rings. The molecule has 2 N–H and O–H groups in total. The Balaban J connectivity index is 1.76. The Kier molecular flexibility index (Phi) is 8.53. The summed E-state index contributed by atoms with van der Waals surface area (Å²) in [5.74, 6) is -4.57. The van der Waals surface area contributed by atoms with Crippen molar-refractivity contribution in [2.45, 2.75) is 19.0 Å². The summed E-state index contributed by atoms with van der Waals surface area (Å²) in [4.78, 5) is 35.3. The van der Waals surface area contributed by atoms with E-state index < -0.39 is 53.5 Å². The summed E-state index contributed by atoms with van der Waals surface area (Å²) < 4.78 is 70.0. The maximum absolute atomic E-state index is 13.5. The first kappa shape index (κ1) is 25.1. The molecule has 0 aliphatic rings. The number of para-hydroxylation sites is 1. The van der Waals surface area contributed by atoms with E-state index in [0.29, 0.717) is 6.07 Å². The molecule has 6 nitrogen and oxygen atoms in total. The molecule has 32 heavy (non-hydrogen) atoms. The van der Waals surface area contributed by atoms with Crippen LogP contribution in [0.5, 0.6) is 0 Å². The van der Waals surface area contributed by atoms with Gasteiger partial charge in [0.1, 0.15) is 11.6 Å². The molecule has 0 unspecified atom stereocenters. The van der Waals surface area contributed by atoms with E-state index in [4.69, 9.17) is 11.6 Å². The van der Waals surface area contributed by atoms with Crippen LogP contribution in [-0.4, -0.2) is 30.9 Å². The van der Waals surface area contributed by atoms with Crippen LogP contribution >= 0.6 is 11.6 Å². The molecule has 0 aromatic heterocycles. The van der Waals surface area contributed by atoms with Crippen molar-refractivity contribution in [1.29, 1.82) is 0 Å². The highest BCUT2D eigenvalue weighted by atomic mass is 35.5. The van der Waals surface area contributed by atoms with Gasteiger partial charge >= 0.3 is 12.1 Å². The first-order chi connectivity index (χ1) is 15.0. The third-order valence-corrected chi connectivity index (χ3v) is 4.28. The van der Waals surface area contributed by atoms with Crippen molar-refractivity contribution in [1.82, 2.24) is 5.32 Å². The Labute approximate surface area is 183 Å². The van der Waals surface area contributed by atoms with Crippen LogP contribution in [0.3, 0.4) is 0 Å². The molecule has 0 aliphatic heterocycles. The number of benzene rings is 2. The molecule has 0 heterocycles. The third-order valence-electron chi connectivity index (χ3n) is 3.97. The van der Waals surface area contributed by atoms with Crippen LogP contribution in [0.15, 0.2) is 36.4 Å². The van der Waals surface area contributed by atoms with Gasteiger partial charge in [0.15, 0.2) is 6.61 Å². The zero-order valence-electron chi connectivity index (χ0n) is 16.2. The number of amides is 2. The van der Waals surface area contributed by atoms with Gasteiger partial charge in [0.2, 0.25) is 0 Å². The van der Waals surface area contributed by atoms with Crippen LogP contribution in [0, 0.1) is 11.6 Å². The second-order valence-electron chi connectivity index (χ2n) is 6.35. The molecule has 172 valence electrons. The second-order valence-corrected chi connectivity index (χ2v) is 6.76. The molecule has 2 amide bonds. The number of rotatable bonds is 8. The molecular weight excluding hydrogens is 463 g/mol. The zero-order valence-corrected chi connectivity index (χ0v) is 16.9. The SMILES string of the molecule is O=C(COC(=O)CCCNC(=O)c1ccc(F)cc1F)Nc1c(Cl)cccc1C(F)(F)F. The molecule has 0 saturated carbocycles. The van der Waals surface area contributed by atoms with Crippen LogP contribution in [0.4, 0.5) is 27.6 Å². The average Bonchev–Trinajstić information content (AvgIpc) is 2.70. The molecule has 2 aromatic carbocycles. The molecule has 2 rings (SSSR count). The summed E-state index contributed by atoms with van der Waals surface area (Å²) in [6, 6.07) is 5.41. The highest BCUT2D eigenvalue weighted by Crippen LogP contribution is 2.38. The number of carbonyl (C=O) groups excluding carboxylic acids is 3. The molecule has 0 atom stereocenters. The van der Waals surface area contributed by atoms with Crippen LogP contribution in [-0.2, 0) is 20.5 Å². The fourth-order valence-electron chi connectivity index (χ4n) is 2.48. The van der Waals surface area contributed by atoms with Gasteiger partial charge in [0, 0.05) is 19.0 Å². The molecular formula is C20H16ClF5N2O4. The fourth-order valence-corrected chi connectivity index (χ4v) is 2.71. The van der Waals surface area contributed by atoms with Crippen LogP contribution in [0.25, 0.3) is 0 Å². The first-order valence-corrected chi connectivity index (χ1v) is 9.41. The van der Waals surface area contributed by atoms with Gasteiger partial charge in [-0.05, 0) is 30.7 Å². The molecule has 0 spiro atoms. The first-order valence-electron chi connectivity index (χ1n) is 9.03. The molecule has 0 aliphatic carbocycles. The van der Waals surface area contributed by atoms with Crippen LogP contribution in [0.1, 0.15) is 28.8 Å². The van der Waals surface area contributed by atoms with Crippen molar-refractivity contribution in [3.05, 3.63) is 64.2 Å². The lowest BCUT2D eigenvalue weighted by molar-refractivity contribution is -0.147. The minimum absolute atomic E-state index is 0.0501. The van der Waals surface area contributed by atoms with Gasteiger partial charge in [-0.3, -0.25) is 14.4 Å². The van der Waals surface area contributed by atoms with Gasteiger partial charge in [-0.2, -0.15) is 13.2 Å². The number of anilines is 1. The topological polar surface area (TPSA) is 84.5 Å². The number of ether oxygens (including phenoxy) is 1. The van der Waals surface area contributed by atoms with E-state index in [1.807, 2.05) is 5.32 Å². The van der Waals surface area contributed by atoms with Crippen molar-refractivity contribution in [2.24, 2.45) is 0 Å². The monoisotopic (exact) mass is 478 g/mol. The highest BCUT2D eigenvalue weighted by Gasteiger charge is 2.34. The normalized spacial score (nSPS) is 11.1. The highest BCUT2D eigenvalue weighted by molar-refractivity contribution is 6.34. The summed E-state index contributed by atoms with van der Waals surface area (Å²) in [5.41, 5.74) is -2.18. The Morgan fingerprint density at radius 2 is 1.78 bits per heavy atom. The van der Waals surface area contributed by atoms with E-state index in [-0.39, 0.29) is 30.0 Å². The van der Waals surface area contributed by atoms with Crippen molar-refractivity contribution in [3.8, 4) is 0 Å². The largest absolute Gasteiger partial charge is 0.456 e. The predicted octanol–water partition coefficient (Wildman–Crippen LogP) is 4.33. The Morgan fingerprint density at radius 1 is 1.06 bits per heavy atom. The van der Waals surface area contributed by atoms with E-state index in [9.17, 15) is 36.3 Å². The summed E-state index contributed by atoms with van der Waals surface area (Å²) in [7, 11) is 0. The van der Waals surface area contributed by atoms with Crippen molar-refractivity contribution in [2.75, 3.05) is 18.5 Å². The molecule has 12 heteroatoms. The molecule has 0 saturated heterocycles. The Hall–Kier alpha value is -3.21. The lowest BCUT2D eigenvalue weighted by atomic mass is 10.1. The maximum Gasteiger partial charge on any atom is 0.418 e. The van der Waals surface area contributed by atoms with Crippen molar-refractivity contribution in [3.63, 3.8) is 0 Å². The third kappa shape index (κ3) is 7.19. The van der Waals surface area contributed by atoms with Gasteiger partial charge in [-0.15, -0.1) is 0 Å². The van der Waals surface area contributed by atoms with Gasteiger partial charge in [0.25, 0.3) is 11.8 Å². The Bertz CT molecular complexity index is 1010. The standard InChI is InChI=1S/C20H16ClF5N2O4/c21-14-4-1-3-13(20(24,25)26)18(14)28-16(29)10-32-17(30)5-2-8-27-19(31)12-7-6-11(22)9-15(12)23/h1,3-4,6-7,9H,2,5,8,10H2,(H,27,31)(H,28,29). The number of halogens is 6. The number of nitrogens with one attached hydrogen (secondary N) is 2. The van der Waals surface area contributed by atoms with Crippen LogP contribution < -0.4 is 10.6 Å². The van der Waals surface area contributed by atoms with Crippen molar-refractivity contribution < 1.29 is 41.1 Å². The summed E-state index contributed by atoms with van der Waals surface area (Å²) in [6.45, 7) is -0.903. The smallest absolute Gasteiger partial charge is 0.418 e. The lowest BCUT2D eigenvalue weighted by Crippen LogP contribution is -2.26. The Morgan fingerprint density at radius 3 is 2.44 bits per heavy atom. The van der Waals surface area contributed by atoms with Crippen LogP contribution in [0.2, 0.25) is 5.02 Å². The van der Waals surface area contributed by atoms with E-state index >= 15 is 0 Å². The molecule has 0 radical (unpaired) electrons. The second kappa shape index (κ2) is 10.9. The number of hydrogen-bond donors (Lipinski definition) is 2. The van der Waals surface area contributed by atoms with Gasteiger partial charge in [-0.25, -0.2) is 8.78 Å². The summed E-state index contributed by atoms with van der Waals surface area (Å²) >= 11 is 5.72. The maximum atomic E-state index is 13.5.